The summed E-state index contributed by atoms with van der Waals surface area (Å²) in [4.78, 5) is 11.8. The fourth-order valence-electron chi connectivity index (χ4n) is 1.79. The van der Waals surface area contributed by atoms with Crippen molar-refractivity contribution in [1.29, 1.82) is 0 Å². The van der Waals surface area contributed by atoms with Crippen LogP contribution in [0.4, 0.5) is 5.69 Å². The second-order valence-electron chi connectivity index (χ2n) is 4.57. The summed E-state index contributed by atoms with van der Waals surface area (Å²) in [7, 11) is 0. The quantitative estimate of drug-likeness (QED) is 0.850. The summed E-state index contributed by atoms with van der Waals surface area (Å²) in [6, 6.07) is 9.57. The van der Waals surface area contributed by atoms with Crippen molar-refractivity contribution in [3.05, 3.63) is 47.2 Å². The van der Waals surface area contributed by atoms with Crippen LogP contribution < -0.4 is 10.6 Å². The Morgan fingerprint density at radius 1 is 1.45 bits per heavy atom. The number of carbonyl (C=O) groups is 1. The molecule has 0 aliphatic carbocycles. The molecular formula is C14H17BrN4O. The zero-order valence-corrected chi connectivity index (χ0v) is 12.8. The molecule has 0 aliphatic heterocycles. The van der Waals surface area contributed by atoms with Gasteiger partial charge in [-0.05, 0) is 31.2 Å². The Balaban J connectivity index is 1.74. The molecule has 0 fully saturated rings. The van der Waals surface area contributed by atoms with Gasteiger partial charge in [0.1, 0.15) is 0 Å². The maximum absolute atomic E-state index is 11.8. The largest absolute Gasteiger partial charge is 0.325 e. The predicted molar refractivity (Wildman–Crippen MR) is 82.5 cm³/mol. The molecule has 1 amide bonds. The maximum atomic E-state index is 11.8. The lowest BCUT2D eigenvalue weighted by atomic mass is 10.3. The van der Waals surface area contributed by atoms with E-state index in [1.54, 1.807) is 6.20 Å². The molecule has 0 bridgehead atoms. The second-order valence-corrected chi connectivity index (χ2v) is 5.48. The van der Waals surface area contributed by atoms with Gasteiger partial charge >= 0.3 is 0 Å². The number of benzene rings is 1. The van der Waals surface area contributed by atoms with Gasteiger partial charge in [-0.3, -0.25) is 9.48 Å². The normalized spacial score (nSPS) is 12.1. The van der Waals surface area contributed by atoms with Crippen molar-refractivity contribution in [1.82, 2.24) is 15.1 Å². The molecule has 1 heterocycles. The van der Waals surface area contributed by atoms with Crippen LogP contribution in [-0.4, -0.2) is 28.3 Å². The van der Waals surface area contributed by atoms with Crippen LogP contribution in [0, 0.1) is 0 Å². The number of hydrogen-bond donors (Lipinski definition) is 2. The first-order chi connectivity index (χ1) is 9.63. The number of anilines is 1. The first-order valence-corrected chi connectivity index (χ1v) is 7.19. The molecule has 6 heteroatoms. The molecule has 20 heavy (non-hydrogen) atoms. The van der Waals surface area contributed by atoms with Crippen molar-refractivity contribution in [2.45, 2.75) is 19.5 Å². The molecule has 0 saturated carbocycles. The summed E-state index contributed by atoms with van der Waals surface area (Å²) in [6.07, 6.45) is 3.65. The van der Waals surface area contributed by atoms with E-state index in [2.05, 4.69) is 31.7 Å². The lowest BCUT2D eigenvalue weighted by Crippen LogP contribution is -2.36. The number of halogens is 1. The highest BCUT2D eigenvalue weighted by molar-refractivity contribution is 9.10. The van der Waals surface area contributed by atoms with Gasteiger partial charge in [-0.1, -0.05) is 22.0 Å². The van der Waals surface area contributed by atoms with Crippen LogP contribution in [0.2, 0.25) is 0 Å². The Kier molecular flexibility index (Phi) is 5.31. The summed E-state index contributed by atoms with van der Waals surface area (Å²) in [5.41, 5.74) is 0.783. The lowest BCUT2D eigenvalue weighted by Gasteiger charge is -2.13. The SMILES string of the molecule is C[C@@H](Cn1cccn1)NCC(=O)Nc1cccc(Br)c1. The maximum Gasteiger partial charge on any atom is 0.238 e. The van der Waals surface area contributed by atoms with Crippen LogP contribution in [0.5, 0.6) is 0 Å². The van der Waals surface area contributed by atoms with E-state index in [4.69, 9.17) is 0 Å². The zero-order valence-electron chi connectivity index (χ0n) is 11.2. The van der Waals surface area contributed by atoms with Gasteiger partial charge in [0.2, 0.25) is 5.91 Å². The van der Waals surface area contributed by atoms with E-state index in [9.17, 15) is 4.79 Å². The lowest BCUT2D eigenvalue weighted by molar-refractivity contribution is -0.115. The molecule has 1 aromatic heterocycles. The van der Waals surface area contributed by atoms with E-state index in [1.165, 1.54) is 0 Å². The highest BCUT2D eigenvalue weighted by Crippen LogP contribution is 2.15. The van der Waals surface area contributed by atoms with Crippen LogP contribution in [0.25, 0.3) is 0 Å². The Morgan fingerprint density at radius 3 is 3.00 bits per heavy atom. The van der Waals surface area contributed by atoms with Crippen molar-refractivity contribution in [2.24, 2.45) is 0 Å². The zero-order chi connectivity index (χ0) is 14.4. The van der Waals surface area contributed by atoms with Gasteiger partial charge in [0, 0.05) is 28.6 Å². The summed E-state index contributed by atoms with van der Waals surface area (Å²) < 4.78 is 2.78. The molecule has 1 aromatic carbocycles. The van der Waals surface area contributed by atoms with Crippen molar-refractivity contribution in [2.75, 3.05) is 11.9 Å². The third-order valence-corrected chi connectivity index (χ3v) is 3.23. The Labute approximate surface area is 126 Å². The number of aromatic nitrogens is 2. The highest BCUT2D eigenvalue weighted by atomic mass is 79.9. The molecule has 1 atom stereocenters. The smallest absolute Gasteiger partial charge is 0.238 e. The molecule has 0 radical (unpaired) electrons. The predicted octanol–water partition coefficient (Wildman–Crippen LogP) is 2.26. The van der Waals surface area contributed by atoms with Crippen molar-refractivity contribution in [3.8, 4) is 0 Å². The average Bonchev–Trinajstić information content (AvgIpc) is 2.89. The number of nitrogens with one attached hydrogen (secondary N) is 2. The van der Waals surface area contributed by atoms with Crippen molar-refractivity contribution in [3.63, 3.8) is 0 Å². The molecule has 2 N–H and O–H groups in total. The summed E-state index contributed by atoms with van der Waals surface area (Å²) in [5.74, 6) is -0.0598. The Bertz CT molecular complexity index is 556. The van der Waals surface area contributed by atoms with E-state index < -0.39 is 0 Å². The number of nitrogens with zero attached hydrogens (tertiary/aromatic N) is 2. The van der Waals surface area contributed by atoms with Gasteiger partial charge in [-0.15, -0.1) is 0 Å². The summed E-state index contributed by atoms with van der Waals surface area (Å²) in [5, 5.41) is 10.1. The first-order valence-electron chi connectivity index (χ1n) is 6.40. The van der Waals surface area contributed by atoms with Crippen molar-refractivity contribution >= 4 is 27.5 Å². The van der Waals surface area contributed by atoms with Crippen LogP contribution in [0.3, 0.4) is 0 Å². The van der Waals surface area contributed by atoms with Gasteiger partial charge in [0.05, 0.1) is 13.1 Å². The third-order valence-electron chi connectivity index (χ3n) is 2.74. The van der Waals surface area contributed by atoms with Crippen LogP contribution >= 0.6 is 15.9 Å². The van der Waals surface area contributed by atoms with Crippen LogP contribution in [0.1, 0.15) is 6.92 Å². The molecule has 2 aromatic rings. The topological polar surface area (TPSA) is 59.0 Å². The van der Waals surface area contributed by atoms with E-state index in [0.29, 0.717) is 0 Å². The third kappa shape index (κ3) is 4.79. The molecule has 0 saturated heterocycles. The molecule has 2 rings (SSSR count). The Morgan fingerprint density at radius 2 is 2.30 bits per heavy atom. The highest BCUT2D eigenvalue weighted by Gasteiger charge is 2.07. The number of carbonyl (C=O) groups excluding carboxylic acids is 1. The summed E-state index contributed by atoms with van der Waals surface area (Å²) in [6.45, 7) is 3.03. The van der Waals surface area contributed by atoms with E-state index >= 15 is 0 Å². The molecule has 0 spiro atoms. The van der Waals surface area contributed by atoms with Gasteiger partial charge in [0.25, 0.3) is 0 Å². The number of hydrogen-bond acceptors (Lipinski definition) is 3. The fraction of sp³-hybridized carbons (Fsp3) is 0.286. The average molecular weight is 337 g/mol. The van der Waals surface area contributed by atoms with E-state index in [-0.39, 0.29) is 18.5 Å². The second kappa shape index (κ2) is 7.21. The van der Waals surface area contributed by atoms with Crippen LogP contribution in [-0.2, 0) is 11.3 Å². The first kappa shape index (κ1) is 14.7. The Hall–Kier alpha value is -1.66. The fourth-order valence-corrected chi connectivity index (χ4v) is 2.19. The molecular weight excluding hydrogens is 320 g/mol. The molecule has 0 aliphatic rings. The molecule has 0 unspecified atom stereocenters. The molecule has 106 valence electrons. The van der Waals surface area contributed by atoms with Gasteiger partial charge in [-0.2, -0.15) is 5.10 Å². The standard InChI is InChI=1S/C14H17BrN4O/c1-11(10-19-7-3-6-17-19)16-9-14(20)18-13-5-2-4-12(15)8-13/h2-8,11,16H,9-10H2,1H3,(H,18,20)/t11-/m0/s1. The van der Waals surface area contributed by atoms with Gasteiger partial charge < -0.3 is 10.6 Å². The monoisotopic (exact) mass is 336 g/mol. The van der Waals surface area contributed by atoms with E-state index in [0.717, 1.165) is 16.7 Å². The minimum atomic E-state index is -0.0598. The molecule has 5 nitrogen and oxygen atoms in total. The number of amides is 1. The number of rotatable bonds is 6. The van der Waals surface area contributed by atoms with Gasteiger partial charge in [-0.25, -0.2) is 0 Å². The minimum Gasteiger partial charge on any atom is -0.325 e. The van der Waals surface area contributed by atoms with Crippen LogP contribution in [0.15, 0.2) is 47.2 Å². The van der Waals surface area contributed by atoms with Gasteiger partial charge in [0.15, 0.2) is 0 Å². The van der Waals surface area contributed by atoms with E-state index in [1.807, 2.05) is 48.1 Å². The summed E-state index contributed by atoms with van der Waals surface area (Å²) >= 11 is 3.37. The van der Waals surface area contributed by atoms with Crippen molar-refractivity contribution < 1.29 is 4.79 Å². The minimum absolute atomic E-state index is 0.0598.